The van der Waals surface area contributed by atoms with E-state index in [2.05, 4.69) is 0 Å². The van der Waals surface area contributed by atoms with Crippen LogP contribution in [0.2, 0.25) is 5.02 Å². The van der Waals surface area contributed by atoms with Gasteiger partial charge in [0, 0.05) is 10.4 Å². The molecule has 0 unspecified atom stereocenters. The van der Waals surface area contributed by atoms with Gasteiger partial charge in [0.25, 0.3) is 0 Å². The number of hydrogen-bond acceptors (Lipinski definition) is 1. The fraction of sp³-hybridized carbons (Fsp3) is 0.364. The summed E-state index contributed by atoms with van der Waals surface area (Å²) in [6, 6.07) is 7.59. The van der Waals surface area contributed by atoms with Crippen LogP contribution >= 0.6 is 11.6 Å². The Morgan fingerprint density at radius 2 is 1.85 bits per heavy atom. The van der Waals surface area contributed by atoms with E-state index in [4.69, 9.17) is 11.6 Å². The molecule has 0 radical (unpaired) electrons. The van der Waals surface area contributed by atoms with Crippen LogP contribution in [-0.2, 0) is 11.2 Å². The van der Waals surface area contributed by atoms with Gasteiger partial charge in [0.2, 0.25) is 0 Å². The third-order valence-corrected chi connectivity index (χ3v) is 2.14. The second-order valence-electron chi connectivity index (χ2n) is 3.91. The molecule has 0 aliphatic heterocycles. The smallest absolute Gasteiger partial charge is 0.125 e. The minimum atomic E-state index is -0.284. The first kappa shape index (κ1) is 10.3. The Labute approximate surface area is 83.7 Å². The van der Waals surface area contributed by atoms with Gasteiger partial charge in [0.15, 0.2) is 0 Å². The number of carbonyl (C=O) groups excluding carboxylic acids is 1. The maximum Gasteiger partial charge on any atom is 0.125 e. The molecular formula is C11H13ClO. The van der Waals surface area contributed by atoms with Crippen LogP contribution in [0.25, 0.3) is 0 Å². The molecule has 0 bridgehead atoms. The van der Waals surface area contributed by atoms with Crippen LogP contribution in [0.1, 0.15) is 19.4 Å². The highest BCUT2D eigenvalue weighted by atomic mass is 35.5. The average Bonchev–Trinajstić information content (AvgIpc) is 2.09. The number of hydrogen-bond donors (Lipinski definition) is 0. The summed E-state index contributed by atoms with van der Waals surface area (Å²) >= 11 is 5.75. The van der Waals surface area contributed by atoms with Gasteiger partial charge in [0.05, 0.1) is 0 Å². The molecule has 0 aliphatic rings. The molecule has 0 heterocycles. The van der Waals surface area contributed by atoms with Crippen molar-refractivity contribution in [1.82, 2.24) is 0 Å². The molecule has 70 valence electrons. The van der Waals surface area contributed by atoms with Crippen LogP contribution in [0.4, 0.5) is 0 Å². The van der Waals surface area contributed by atoms with Gasteiger partial charge in [-0.3, -0.25) is 0 Å². The number of aldehydes is 1. The molecule has 13 heavy (non-hydrogen) atoms. The molecule has 1 aromatic carbocycles. The number of halogens is 1. The first-order valence-corrected chi connectivity index (χ1v) is 4.62. The van der Waals surface area contributed by atoms with Gasteiger partial charge in [-0.05, 0) is 24.1 Å². The number of rotatable bonds is 3. The SMILES string of the molecule is CC(C)(C=O)Cc1ccc(Cl)cc1. The quantitative estimate of drug-likeness (QED) is 0.679. The summed E-state index contributed by atoms with van der Waals surface area (Å²) in [6.07, 6.45) is 1.75. The Bertz CT molecular complexity index is 287. The van der Waals surface area contributed by atoms with Crippen LogP contribution in [0.15, 0.2) is 24.3 Å². The number of carbonyl (C=O) groups is 1. The third kappa shape index (κ3) is 3.19. The van der Waals surface area contributed by atoms with E-state index in [9.17, 15) is 4.79 Å². The van der Waals surface area contributed by atoms with E-state index in [1.54, 1.807) is 0 Å². The molecule has 0 atom stereocenters. The molecule has 0 saturated heterocycles. The van der Waals surface area contributed by atoms with Crippen molar-refractivity contribution >= 4 is 17.9 Å². The molecule has 0 fully saturated rings. The highest BCUT2D eigenvalue weighted by Crippen LogP contribution is 2.20. The van der Waals surface area contributed by atoms with Gasteiger partial charge in [-0.1, -0.05) is 37.6 Å². The van der Waals surface area contributed by atoms with E-state index in [0.717, 1.165) is 23.3 Å². The zero-order chi connectivity index (χ0) is 9.90. The second-order valence-corrected chi connectivity index (χ2v) is 4.35. The van der Waals surface area contributed by atoms with Crippen molar-refractivity contribution in [1.29, 1.82) is 0 Å². The lowest BCUT2D eigenvalue weighted by atomic mass is 9.87. The normalized spacial score (nSPS) is 11.3. The maximum atomic E-state index is 10.7. The lowest BCUT2D eigenvalue weighted by Crippen LogP contribution is -2.16. The van der Waals surface area contributed by atoms with Gasteiger partial charge in [-0.2, -0.15) is 0 Å². The van der Waals surface area contributed by atoms with Crippen molar-refractivity contribution in [3.63, 3.8) is 0 Å². The fourth-order valence-electron chi connectivity index (χ4n) is 1.17. The highest BCUT2D eigenvalue weighted by Gasteiger charge is 2.16. The van der Waals surface area contributed by atoms with Gasteiger partial charge in [0.1, 0.15) is 6.29 Å². The van der Waals surface area contributed by atoms with E-state index in [1.807, 2.05) is 38.1 Å². The maximum absolute atomic E-state index is 10.7. The summed E-state index contributed by atoms with van der Waals surface area (Å²) in [5.74, 6) is 0. The zero-order valence-electron chi connectivity index (χ0n) is 7.88. The van der Waals surface area contributed by atoms with Crippen molar-refractivity contribution in [2.45, 2.75) is 20.3 Å². The van der Waals surface area contributed by atoms with Gasteiger partial charge in [-0.25, -0.2) is 0 Å². The molecule has 0 amide bonds. The second kappa shape index (κ2) is 3.93. The van der Waals surface area contributed by atoms with E-state index in [0.29, 0.717) is 0 Å². The van der Waals surface area contributed by atoms with Crippen molar-refractivity contribution < 1.29 is 4.79 Å². The predicted octanol–water partition coefficient (Wildman–Crippen LogP) is 3.11. The molecule has 0 aliphatic carbocycles. The van der Waals surface area contributed by atoms with Crippen molar-refractivity contribution in [3.8, 4) is 0 Å². The van der Waals surface area contributed by atoms with Crippen LogP contribution in [-0.4, -0.2) is 6.29 Å². The van der Waals surface area contributed by atoms with Crippen LogP contribution in [0.3, 0.4) is 0 Å². The van der Waals surface area contributed by atoms with Gasteiger partial charge < -0.3 is 4.79 Å². The lowest BCUT2D eigenvalue weighted by molar-refractivity contribution is -0.114. The monoisotopic (exact) mass is 196 g/mol. The van der Waals surface area contributed by atoms with Crippen LogP contribution < -0.4 is 0 Å². The van der Waals surface area contributed by atoms with E-state index >= 15 is 0 Å². The molecule has 0 aromatic heterocycles. The van der Waals surface area contributed by atoms with E-state index in [-0.39, 0.29) is 5.41 Å². The summed E-state index contributed by atoms with van der Waals surface area (Å²) in [6.45, 7) is 3.85. The molecule has 0 N–H and O–H groups in total. The minimum absolute atomic E-state index is 0.284. The topological polar surface area (TPSA) is 17.1 Å². The molecule has 1 nitrogen and oxygen atoms in total. The fourth-order valence-corrected chi connectivity index (χ4v) is 1.30. The third-order valence-electron chi connectivity index (χ3n) is 1.89. The Hall–Kier alpha value is -0.820. The van der Waals surface area contributed by atoms with E-state index < -0.39 is 0 Å². The largest absolute Gasteiger partial charge is 0.303 e. The highest BCUT2D eigenvalue weighted by molar-refractivity contribution is 6.30. The van der Waals surface area contributed by atoms with Gasteiger partial charge >= 0.3 is 0 Å². The lowest BCUT2D eigenvalue weighted by Gasteiger charge is -2.16. The molecule has 1 aromatic rings. The van der Waals surface area contributed by atoms with Crippen molar-refractivity contribution in [2.75, 3.05) is 0 Å². The standard InChI is InChI=1S/C11H13ClO/c1-11(2,8-13)7-9-3-5-10(12)6-4-9/h3-6,8H,7H2,1-2H3. The van der Waals surface area contributed by atoms with Crippen molar-refractivity contribution in [2.24, 2.45) is 5.41 Å². The molecule has 0 spiro atoms. The Morgan fingerprint density at radius 1 is 1.31 bits per heavy atom. The van der Waals surface area contributed by atoms with Crippen LogP contribution in [0, 0.1) is 5.41 Å². The molecule has 2 heteroatoms. The first-order chi connectivity index (χ1) is 6.03. The summed E-state index contributed by atoms with van der Waals surface area (Å²) in [5.41, 5.74) is 0.856. The predicted molar refractivity (Wildman–Crippen MR) is 55.0 cm³/mol. The first-order valence-electron chi connectivity index (χ1n) is 4.24. The number of benzene rings is 1. The molecule has 0 saturated carbocycles. The Morgan fingerprint density at radius 3 is 2.31 bits per heavy atom. The van der Waals surface area contributed by atoms with E-state index in [1.165, 1.54) is 0 Å². The molecule has 1 rings (SSSR count). The van der Waals surface area contributed by atoms with Crippen molar-refractivity contribution in [3.05, 3.63) is 34.9 Å². The van der Waals surface area contributed by atoms with Gasteiger partial charge in [-0.15, -0.1) is 0 Å². The Balaban J connectivity index is 2.75. The zero-order valence-corrected chi connectivity index (χ0v) is 8.64. The Kier molecular flexibility index (Phi) is 3.10. The average molecular weight is 197 g/mol. The molecular weight excluding hydrogens is 184 g/mol. The summed E-state index contributed by atoms with van der Waals surface area (Å²) in [5, 5.41) is 0.729. The summed E-state index contributed by atoms with van der Waals surface area (Å²) < 4.78 is 0. The van der Waals surface area contributed by atoms with Crippen LogP contribution in [0.5, 0.6) is 0 Å². The summed E-state index contributed by atoms with van der Waals surface area (Å²) in [4.78, 5) is 10.7. The summed E-state index contributed by atoms with van der Waals surface area (Å²) in [7, 11) is 0. The minimum Gasteiger partial charge on any atom is -0.303 e.